The molecule has 0 saturated carbocycles. The predicted molar refractivity (Wildman–Crippen MR) is 74.7 cm³/mol. The molecule has 1 aromatic carbocycles. The summed E-state index contributed by atoms with van der Waals surface area (Å²) in [5.41, 5.74) is 1.00. The first kappa shape index (κ1) is 13.3. The van der Waals surface area contributed by atoms with Crippen LogP contribution in [0.1, 0.15) is 18.3 Å². The van der Waals surface area contributed by atoms with E-state index in [9.17, 15) is 4.39 Å². The third kappa shape index (κ3) is 3.91. The Morgan fingerprint density at radius 3 is 2.32 bits per heavy atom. The fourth-order valence-corrected chi connectivity index (χ4v) is 1.72. The number of benzene rings is 1. The van der Waals surface area contributed by atoms with Gasteiger partial charge in [-0.05, 0) is 31.5 Å². The van der Waals surface area contributed by atoms with Crippen LogP contribution in [0.5, 0.6) is 0 Å². The average molecular weight is 260 g/mol. The SMILES string of the molecule is CCNc1cc(NCc2ccc(F)cc2)nc(C)n1. The summed E-state index contributed by atoms with van der Waals surface area (Å²) in [6, 6.07) is 8.27. The van der Waals surface area contributed by atoms with Crippen LogP contribution in [0.25, 0.3) is 0 Å². The highest BCUT2D eigenvalue weighted by Crippen LogP contribution is 2.12. The fraction of sp³-hybridized carbons (Fsp3) is 0.286. The Bertz CT molecular complexity index is 540. The van der Waals surface area contributed by atoms with Crippen LogP contribution in [0, 0.1) is 12.7 Å². The Balaban J connectivity index is 2.04. The molecule has 0 saturated heterocycles. The van der Waals surface area contributed by atoms with E-state index in [0.29, 0.717) is 12.4 Å². The highest BCUT2D eigenvalue weighted by molar-refractivity contribution is 5.47. The van der Waals surface area contributed by atoms with Crippen molar-refractivity contribution in [2.45, 2.75) is 20.4 Å². The van der Waals surface area contributed by atoms with Gasteiger partial charge in [-0.1, -0.05) is 12.1 Å². The summed E-state index contributed by atoms with van der Waals surface area (Å²) in [7, 11) is 0. The Hall–Kier alpha value is -2.17. The summed E-state index contributed by atoms with van der Waals surface area (Å²) < 4.78 is 12.8. The Morgan fingerprint density at radius 2 is 1.68 bits per heavy atom. The number of nitrogens with one attached hydrogen (secondary N) is 2. The summed E-state index contributed by atoms with van der Waals surface area (Å²) in [5.74, 6) is 2.04. The Morgan fingerprint density at radius 1 is 1.05 bits per heavy atom. The molecule has 0 fully saturated rings. The highest BCUT2D eigenvalue weighted by atomic mass is 19.1. The van der Waals surface area contributed by atoms with E-state index in [4.69, 9.17) is 0 Å². The van der Waals surface area contributed by atoms with Gasteiger partial charge < -0.3 is 10.6 Å². The van der Waals surface area contributed by atoms with Crippen molar-refractivity contribution in [1.82, 2.24) is 9.97 Å². The topological polar surface area (TPSA) is 49.8 Å². The van der Waals surface area contributed by atoms with E-state index in [-0.39, 0.29) is 5.82 Å². The molecule has 1 aromatic heterocycles. The summed E-state index contributed by atoms with van der Waals surface area (Å²) in [6.45, 7) is 5.28. The molecule has 100 valence electrons. The van der Waals surface area contributed by atoms with E-state index in [2.05, 4.69) is 20.6 Å². The third-order valence-corrected chi connectivity index (χ3v) is 2.58. The minimum atomic E-state index is -0.226. The molecule has 0 atom stereocenters. The monoisotopic (exact) mass is 260 g/mol. The molecule has 2 N–H and O–H groups in total. The zero-order valence-electron chi connectivity index (χ0n) is 11.1. The van der Waals surface area contributed by atoms with Crippen LogP contribution in [-0.4, -0.2) is 16.5 Å². The minimum Gasteiger partial charge on any atom is -0.370 e. The smallest absolute Gasteiger partial charge is 0.132 e. The summed E-state index contributed by atoms with van der Waals surface area (Å²) in [5, 5.41) is 6.36. The summed E-state index contributed by atoms with van der Waals surface area (Å²) in [4.78, 5) is 8.59. The maximum absolute atomic E-state index is 12.8. The van der Waals surface area contributed by atoms with Crippen LogP contribution < -0.4 is 10.6 Å². The van der Waals surface area contributed by atoms with Gasteiger partial charge in [0.25, 0.3) is 0 Å². The van der Waals surface area contributed by atoms with E-state index in [1.807, 2.05) is 19.9 Å². The second-order valence-corrected chi connectivity index (χ2v) is 4.20. The number of aryl methyl sites for hydroxylation is 1. The zero-order valence-corrected chi connectivity index (χ0v) is 11.1. The molecular formula is C14H17FN4. The first-order chi connectivity index (χ1) is 9.17. The fourth-order valence-electron chi connectivity index (χ4n) is 1.72. The molecule has 0 unspecified atom stereocenters. The van der Waals surface area contributed by atoms with Gasteiger partial charge >= 0.3 is 0 Å². The van der Waals surface area contributed by atoms with E-state index in [1.54, 1.807) is 12.1 Å². The molecule has 5 heteroatoms. The Labute approximate surface area is 112 Å². The molecule has 0 spiro atoms. The van der Waals surface area contributed by atoms with Crippen molar-refractivity contribution >= 4 is 11.6 Å². The summed E-state index contributed by atoms with van der Waals surface area (Å²) in [6.07, 6.45) is 0. The second-order valence-electron chi connectivity index (χ2n) is 4.20. The molecule has 0 aliphatic carbocycles. The number of anilines is 2. The first-order valence-electron chi connectivity index (χ1n) is 6.25. The second kappa shape index (κ2) is 6.13. The van der Waals surface area contributed by atoms with E-state index in [1.165, 1.54) is 12.1 Å². The number of rotatable bonds is 5. The lowest BCUT2D eigenvalue weighted by molar-refractivity contribution is 0.627. The van der Waals surface area contributed by atoms with Gasteiger partial charge in [0, 0.05) is 19.2 Å². The van der Waals surface area contributed by atoms with Crippen molar-refractivity contribution in [2.24, 2.45) is 0 Å². The molecule has 0 radical (unpaired) electrons. The van der Waals surface area contributed by atoms with Crippen molar-refractivity contribution in [3.63, 3.8) is 0 Å². The summed E-state index contributed by atoms with van der Waals surface area (Å²) >= 11 is 0. The molecule has 2 rings (SSSR count). The van der Waals surface area contributed by atoms with E-state index in [0.717, 1.165) is 23.7 Å². The van der Waals surface area contributed by atoms with Crippen LogP contribution in [0.4, 0.5) is 16.0 Å². The lowest BCUT2D eigenvalue weighted by Gasteiger charge is -2.09. The van der Waals surface area contributed by atoms with E-state index >= 15 is 0 Å². The maximum atomic E-state index is 12.8. The number of aromatic nitrogens is 2. The molecule has 19 heavy (non-hydrogen) atoms. The minimum absolute atomic E-state index is 0.226. The number of halogens is 1. The van der Waals surface area contributed by atoms with Gasteiger partial charge in [-0.2, -0.15) is 0 Å². The highest BCUT2D eigenvalue weighted by Gasteiger charge is 2.01. The van der Waals surface area contributed by atoms with Crippen molar-refractivity contribution < 1.29 is 4.39 Å². The van der Waals surface area contributed by atoms with Crippen molar-refractivity contribution in [2.75, 3.05) is 17.2 Å². The van der Waals surface area contributed by atoms with Crippen LogP contribution in [0.15, 0.2) is 30.3 Å². The lowest BCUT2D eigenvalue weighted by Crippen LogP contribution is -2.06. The van der Waals surface area contributed by atoms with Gasteiger partial charge in [-0.25, -0.2) is 14.4 Å². The molecule has 0 amide bonds. The molecule has 1 heterocycles. The number of hydrogen-bond acceptors (Lipinski definition) is 4. The standard InChI is InChI=1S/C14H17FN4/c1-3-16-13-8-14(19-10(2)18-13)17-9-11-4-6-12(15)7-5-11/h4-8H,3,9H2,1-2H3,(H2,16,17,18,19). The lowest BCUT2D eigenvalue weighted by atomic mass is 10.2. The van der Waals surface area contributed by atoms with Crippen LogP contribution in [0.2, 0.25) is 0 Å². The third-order valence-electron chi connectivity index (χ3n) is 2.58. The van der Waals surface area contributed by atoms with Gasteiger partial charge in [0.1, 0.15) is 23.3 Å². The van der Waals surface area contributed by atoms with Gasteiger partial charge in [0.05, 0.1) is 0 Å². The number of nitrogens with zero attached hydrogens (tertiary/aromatic N) is 2. The molecular weight excluding hydrogens is 243 g/mol. The van der Waals surface area contributed by atoms with Gasteiger partial charge in [-0.15, -0.1) is 0 Å². The first-order valence-corrected chi connectivity index (χ1v) is 6.25. The Kier molecular flexibility index (Phi) is 4.28. The van der Waals surface area contributed by atoms with Gasteiger partial charge in [-0.3, -0.25) is 0 Å². The van der Waals surface area contributed by atoms with Crippen molar-refractivity contribution in [3.05, 3.63) is 47.5 Å². The maximum Gasteiger partial charge on any atom is 0.132 e. The molecule has 2 aromatic rings. The zero-order chi connectivity index (χ0) is 13.7. The van der Waals surface area contributed by atoms with Gasteiger partial charge in [0.15, 0.2) is 0 Å². The molecule has 0 bridgehead atoms. The largest absolute Gasteiger partial charge is 0.370 e. The van der Waals surface area contributed by atoms with Crippen LogP contribution >= 0.6 is 0 Å². The van der Waals surface area contributed by atoms with E-state index < -0.39 is 0 Å². The van der Waals surface area contributed by atoms with Crippen molar-refractivity contribution in [3.8, 4) is 0 Å². The predicted octanol–water partition coefficient (Wildman–Crippen LogP) is 2.97. The normalized spacial score (nSPS) is 10.3. The van der Waals surface area contributed by atoms with Gasteiger partial charge in [0.2, 0.25) is 0 Å². The van der Waals surface area contributed by atoms with Crippen LogP contribution in [0.3, 0.4) is 0 Å². The average Bonchev–Trinajstić information content (AvgIpc) is 2.38. The molecule has 0 aliphatic rings. The molecule has 0 aliphatic heterocycles. The van der Waals surface area contributed by atoms with Crippen LogP contribution in [-0.2, 0) is 6.54 Å². The molecule has 4 nitrogen and oxygen atoms in total. The van der Waals surface area contributed by atoms with Crippen molar-refractivity contribution in [1.29, 1.82) is 0 Å². The number of hydrogen-bond donors (Lipinski definition) is 2. The quantitative estimate of drug-likeness (QED) is 0.867.